The molecule has 2 aromatic rings. The number of sulfonamides is 1. The third-order valence-corrected chi connectivity index (χ3v) is 5.36. The zero-order valence-corrected chi connectivity index (χ0v) is 15.4. The van der Waals surface area contributed by atoms with E-state index in [4.69, 9.17) is 4.42 Å². The topological polar surface area (TPSA) is 92.0 Å². The Morgan fingerprint density at radius 3 is 2.36 bits per heavy atom. The van der Waals surface area contributed by atoms with E-state index >= 15 is 0 Å². The third kappa shape index (κ3) is 4.77. The average molecular weight is 363 g/mol. The molecule has 0 aliphatic heterocycles. The summed E-state index contributed by atoms with van der Waals surface area (Å²) in [7, 11) is -2.38. The van der Waals surface area contributed by atoms with Gasteiger partial charge in [-0.25, -0.2) is 13.8 Å². The molecule has 0 aliphatic rings. The van der Waals surface area contributed by atoms with Crippen molar-refractivity contribution >= 4 is 21.6 Å². The van der Waals surface area contributed by atoms with Crippen LogP contribution in [0.4, 0.5) is 0 Å². The van der Waals surface area contributed by atoms with Crippen molar-refractivity contribution < 1.29 is 17.6 Å². The van der Waals surface area contributed by atoms with Crippen molar-refractivity contribution in [2.45, 2.75) is 25.7 Å². The molecule has 0 spiro atoms. The van der Waals surface area contributed by atoms with Crippen molar-refractivity contribution in [2.75, 3.05) is 13.6 Å². The Morgan fingerprint density at radius 1 is 1.16 bits per heavy atom. The Labute approximate surface area is 147 Å². The van der Waals surface area contributed by atoms with E-state index in [1.165, 1.54) is 19.2 Å². The Morgan fingerprint density at radius 2 is 1.80 bits per heavy atom. The van der Waals surface area contributed by atoms with E-state index < -0.39 is 15.9 Å². The fourth-order valence-electron chi connectivity index (χ4n) is 2.04. The Balaban J connectivity index is 2.00. The Bertz CT molecular complexity index is 883. The molecule has 1 amide bonds. The van der Waals surface area contributed by atoms with Crippen molar-refractivity contribution in [1.82, 2.24) is 9.73 Å². The van der Waals surface area contributed by atoms with Crippen LogP contribution in [0.15, 0.2) is 50.8 Å². The number of amides is 1. The maximum atomic E-state index is 12.4. The second kappa shape index (κ2) is 7.62. The number of carbonyl (C=O) groups excluding carboxylic acids is 1. The van der Waals surface area contributed by atoms with E-state index in [9.17, 15) is 13.2 Å². The van der Waals surface area contributed by atoms with Crippen LogP contribution in [0, 0.1) is 13.8 Å². The number of benzene rings is 1. The average Bonchev–Trinajstić information content (AvgIpc) is 2.99. The predicted octanol–water partition coefficient (Wildman–Crippen LogP) is 2.06. The van der Waals surface area contributed by atoms with Crippen LogP contribution >= 0.6 is 0 Å². The van der Waals surface area contributed by atoms with Crippen molar-refractivity contribution in [3.8, 4) is 0 Å². The zero-order chi connectivity index (χ0) is 18.6. The zero-order valence-electron chi connectivity index (χ0n) is 14.6. The van der Waals surface area contributed by atoms with Crippen molar-refractivity contribution in [3.63, 3.8) is 0 Å². The molecule has 7 nitrogen and oxygen atoms in total. The van der Waals surface area contributed by atoms with Crippen LogP contribution in [-0.4, -0.2) is 37.9 Å². The first-order valence-corrected chi connectivity index (χ1v) is 9.07. The lowest BCUT2D eigenvalue weighted by Gasteiger charge is -2.16. The van der Waals surface area contributed by atoms with Crippen molar-refractivity contribution in [2.24, 2.45) is 5.10 Å². The van der Waals surface area contributed by atoms with Gasteiger partial charge < -0.3 is 4.42 Å². The minimum absolute atomic E-state index is 0.138. The number of aryl methyl sites for hydroxylation is 2. The van der Waals surface area contributed by atoms with Gasteiger partial charge in [0.25, 0.3) is 5.91 Å². The minimum atomic E-state index is -3.73. The van der Waals surface area contributed by atoms with Gasteiger partial charge in [-0.1, -0.05) is 17.7 Å². The normalized spacial score (nSPS) is 12.4. The number of hydrazone groups is 1. The summed E-state index contributed by atoms with van der Waals surface area (Å²) in [6, 6.07) is 9.98. The second-order valence-electron chi connectivity index (χ2n) is 5.72. The van der Waals surface area contributed by atoms with E-state index in [0.29, 0.717) is 11.5 Å². The standard InChI is InChI=1S/C17H21N3O4S/c1-12-5-8-15(9-6-12)25(22,23)20(4)11-17(21)19-18-14(3)16-10-7-13(2)24-16/h5-10H,11H2,1-4H3,(H,19,21)/b18-14+. The summed E-state index contributed by atoms with van der Waals surface area (Å²) in [6.07, 6.45) is 0. The number of hydrogen-bond acceptors (Lipinski definition) is 5. The molecule has 1 N–H and O–H groups in total. The molecule has 1 aromatic heterocycles. The highest BCUT2D eigenvalue weighted by molar-refractivity contribution is 7.89. The van der Waals surface area contributed by atoms with Crippen LogP contribution in [0.25, 0.3) is 0 Å². The molecule has 25 heavy (non-hydrogen) atoms. The molecule has 1 aromatic carbocycles. The van der Waals surface area contributed by atoms with Gasteiger partial charge in [-0.05, 0) is 45.0 Å². The lowest BCUT2D eigenvalue weighted by atomic mass is 10.2. The van der Waals surface area contributed by atoms with Gasteiger partial charge in [0, 0.05) is 7.05 Å². The molecule has 0 atom stereocenters. The molecule has 2 rings (SSSR count). The van der Waals surface area contributed by atoms with Gasteiger partial charge in [-0.15, -0.1) is 0 Å². The fraction of sp³-hybridized carbons (Fsp3) is 0.294. The number of hydrogen-bond donors (Lipinski definition) is 1. The first-order chi connectivity index (χ1) is 11.7. The number of likely N-dealkylation sites (N-methyl/N-ethyl adjacent to an activating group) is 1. The van der Waals surface area contributed by atoms with E-state index in [2.05, 4.69) is 10.5 Å². The lowest BCUT2D eigenvalue weighted by Crippen LogP contribution is -2.36. The van der Waals surface area contributed by atoms with Crippen LogP contribution in [-0.2, 0) is 14.8 Å². The molecule has 0 radical (unpaired) electrons. The van der Waals surface area contributed by atoms with Gasteiger partial charge in [0.2, 0.25) is 10.0 Å². The summed E-state index contributed by atoms with van der Waals surface area (Å²) in [4.78, 5) is 12.1. The van der Waals surface area contributed by atoms with E-state index in [0.717, 1.165) is 15.6 Å². The van der Waals surface area contributed by atoms with Crippen LogP contribution < -0.4 is 5.43 Å². The fourth-order valence-corrected chi connectivity index (χ4v) is 3.17. The number of furan rings is 1. The van der Waals surface area contributed by atoms with Gasteiger partial charge in [0.1, 0.15) is 17.2 Å². The molecule has 134 valence electrons. The highest BCUT2D eigenvalue weighted by atomic mass is 32.2. The SMILES string of the molecule is C/C(=N\NC(=O)CN(C)S(=O)(=O)c1ccc(C)cc1)c1ccc(C)o1. The number of carbonyl (C=O) groups is 1. The second-order valence-corrected chi connectivity index (χ2v) is 7.76. The van der Waals surface area contributed by atoms with Crippen LogP contribution in [0.5, 0.6) is 0 Å². The van der Waals surface area contributed by atoms with Gasteiger partial charge in [-0.2, -0.15) is 9.41 Å². The van der Waals surface area contributed by atoms with Gasteiger partial charge in [-0.3, -0.25) is 4.79 Å². The lowest BCUT2D eigenvalue weighted by molar-refractivity contribution is -0.121. The van der Waals surface area contributed by atoms with Crippen LogP contribution in [0.3, 0.4) is 0 Å². The first kappa shape index (κ1) is 18.9. The summed E-state index contributed by atoms with van der Waals surface area (Å²) in [5.74, 6) is 0.735. The van der Waals surface area contributed by atoms with E-state index in [-0.39, 0.29) is 11.4 Å². The number of rotatable bonds is 6. The highest BCUT2D eigenvalue weighted by Gasteiger charge is 2.22. The predicted molar refractivity (Wildman–Crippen MR) is 94.8 cm³/mol. The highest BCUT2D eigenvalue weighted by Crippen LogP contribution is 2.14. The summed E-state index contributed by atoms with van der Waals surface area (Å²) < 4.78 is 31.2. The maximum absolute atomic E-state index is 12.4. The number of nitrogens with one attached hydrogen (secondary N) is 1. The van der Waals surface area contributed by atoms with Crippen molar-refractivity contribution in [3.05, 3.63) is 53.5 Å². The smallest absolute Gasteiger partial charge is 0.255 e. The molecule has 0 aliphatic carbocycles. The van der Waals surface area contributed by atoms with Gasteiger partial charge in [0.15, 0.2) is 0 Å². The largest absolute Gasteiger partial charge is 0.460 e. The van der Waals surface area contributed by atoms with Gasteiger partial charge in [0.05, 0.1) is 11.4 Å². The molecule has 0 saturated carbocycles. The molecule has 0 saturated heterocycles. The summed E-state index contributed by atoms with van der Waals surface area (Å²) in [6.45, 7) is 5.02. The molecule has 1 heterocycles. The number of nitrogens with zero attached hydrogens (tertiary/aromatic N) is 2. The molecule has 8 heteroatoms. The van der Waals surface area contributed by atoms with Crippen LogP contribution in [0.1, 0.15) is 24.0 Å². The quantitative estimate of drug-likeness (QED) is 0.628. The summed E-state index contributed by atoms with van der Waals surface area (Å²) >= 11 is 0. The molecular weight excluding hydrogens is 342 g/mol. The monoisotopic (exact) mass is 363 g/mol. The maximum Gasteiger partial charge on any atom is 0.255 e. The minimum Gasteiger partial charge on any atom is -0.460 e. The van der Waals surface area contributed by atoms with Gasteiger partial charge >= 0.3 is 0 Å². The van der Waals surface area contributed by atoms with Crippen molar-refractivity contribution in [1.29, 1.82) is 0 Å². The summed E-state index contributed by atoms with van der Waals surface area (Å²) in [5.41, 5.74) is 3.78. The summed E-state index contributed by atoms with van der Waals surface area (Å²) in [5, 5.41) is 3.93. The van der Waals surface area contributed by atoms with E-state index in [1.807, 2.05) is 6.92 Å². The molecule has 0 fully saturated rings. The first-order valence-electron chi connectivity index (χ1n) is 7.63. The third-order valence-electron chi connectivity index (χ3n) is 3.54. The Hall–Kier alpha value is -2.45. The van der Waals surface area contributed by atoms with Crippen LogP contribution in [0.2, 0.25) is 0 Å². The molecule has 0 bridgehead atoms. The van der Waals surface area contributed by atoms with E-state index in [1.54, 1.807) is 38.1 Å². The molecule has 0 unspecified atom stereocenters. The molecular formula is C17H21N3O4S. The Kier molecular flexibility index (Phi) is 5.76.